The third-order valence-corrected chi connectivity index (χ3v) is 4.07. The molecule has 0 fully saturated rings. The SMILES string of the molecule is CCNC(=NCc1ccnc(OCC)c1)NCC1Cc2ccccc2O1.I. The van der Waals surface area contributed by atoms with E-state index in [1.165, 1.54) is 5.56 Å². The Labute approximate surface area is 177 Å². The van der Waals surface area contributed by atoms with Gasteiger partial charge in [-0.15, -0.1) is 24.0 Å². The average Bonchev–Trinajstić information content (AvgIpc) is 3.07. The molecule has 0 bridgehead atoms. The minimum atomic E-state index is 0. The van der Waals surface area contributed by atoms with E-state index < -0.39 is 0 Å². The van der Waals surface area contributed by atoms with Crippen LogP contribution in [0.25, 0.3) is 0 Å². The number of aliphatic imine (C=N–C) groups is 1. The molecule has 7 heteroatoms. The molecular weight excluding hydrogens is 455 g/mol. The van der Waals surface area contributed by atoms with Crippen molar-refractivity contribution in [3.8, 4) is 11.6 Å². The summed E-state index contributed by atoms with van der Waals surface area (Å²) in [6, 6.07) is 12.1. The average molecular weight is 482 g/mol. The van der Waals surface area contributed by atoms with Crippen molar-refractivity contribution in [2.75, 3.05) is 19.7 Å². The normalized spacial score (nSPS) is 15.3. The van der Waals surface area contributed by atoms with Crippen LogP contribution < -0.4 is 20.1 Å². The molecule has 1 atom stereocenters. The smallest absolute Gasteiger partial charge is 0.213 e. The summed E-state index contributed by atoms with van der Waals surface area (Å²) in [5.74, 6) is 2.40. The molecule has 2 N–H and O–H groups in total. The van der Waals surface area contributed by atoms with Crippen LogP contribution in [0.1, 0.15) is 25.0 Å². The molecule has 0 amide bonds. The van der Waals surface area contributed by atoms with Gasteiger partial charge in [-0.1, -0.05) is 18.2 Å². The number of hydrogen-bond donors (Lipinski definition) is 2. The van der Waals surface area contributed by atoms with Gasteiger partial charge in [0.2, 0.25) is 5.88 Å². The third kappa shape index (κ3) is 6.27. The maximum Gasteiger partial charge on any atom is 0.213 e. The third-order valence-electron chi connectivity index (χ3n) is 4.07. The van der Waals surface area contributed by atoms with Crippen LogP contribution in [0.3, 0.4) is 0 Å². The molecule has 2 heterocycles. The van der Waals surface area contributed by atoms with Crippen LogP contribution in [0, 0.1) is 0 Å². The number of pyridine rings is 1. The second-order valence-corrected chi connectivity index (χ2v) is 6.06. The number of fused-ring (bicyclic) bond motifs is 1. The van der Waals surface area contributed by atoms with Gasteiger partial charge in [0.15, 0.2) is 5.96 Å². The van der Waals surface area contributed by atoms with Crippen molar-refractivity contribution in [1.82, 2.24) is 15.6 Å². The summed E-state index contributed by atoms with van der Waals surface area (Å²) in [7, 11) is 0. The number of hydrogen-bond acceptors (Lipinski definition) is 4. The van der Waals surface area contributed by atoms with Crippen molar-refractivity contribution in [3.05, 3.63) is 53.7 Å². The molecule has 0 saturated carbocycles. The molecule has 1 aliphatic heterocycles. The van der Waals surface area contributed by atoms with Gasteiger partial charge in [-0.2, -0.15) is 0 Å². The van der Waals surface area contributed by atoms with Crippen LogP contribution in [-0.4, -0.2) is 36.7 Å². The van der Waals surface area contributed by atoms with E-state index in [-0.39, 0.29) is 30.1 Å². The lowest BCUT2D eigenvalue weighted by Crippen LogP contribution is -2.42. The topological polar surface area (TPSA) is 67.8 Å². The molecule has 2 aromatic rings. The predicted octanol–water partition coefficient (Wildman–Crippen LogP) is 3.16. The first-order valence-electron chi connectivity index (χ1n) is 9.13. The van der Waals surface area contributed by atoms with E-state index in [9.17, 15) is 0 Å². The molecule has 27 heavy (non-hydrogen) atoms. The zero-order valence-electron chi connectivity index (χ0n) is 15.8. The monoisotopic (exact) mass is 482 g/mol. The van der Waals surface area contributed by atoms with E-state index in [4.69, 9.17) is 9.47 Å². The predicted molar refractivity (Wildman–Crippen MR) is 118 cm³/mol. The Morgan fingerprint density at radius 1 is 1.26 bits per heavy atom. The molecule has 0 spiro atoms. The molecule has 1 aromatic carbocycles. The van der Waals surface area contributed by atoms with Gasteiger partial charge in [0.1, 0.15) is 11.9 Å². The molecule has 1 unspecified atom stereocenters. The molecule has 146 valence electrons. The Morgan fingerprint density at radius 2 is 2.11 bits per heavy atom. The van der Waals surface area contributed by atoms with E-state index in [2.05, 4.69) is 39.7 Å². The summed E-state index contributed by atoms with van der Waals surface area (Å²) in [4.78, 5) is 8.83. The van der Waals surface area contributed by atoms with Gasteiger partial charge in [-0.05, 0) is 37.1 Å². The van der Waals surface area contributed by atoms with Gasteiger partial charge in [-0.25, -0.2) is 9.98 Å². The van der Waals surface area contributed by atoms with Crippen LogP contribution in [0.15, 0.2) is 47.6 Å². The lowest BCUT2D eigenvalue weighted by atomic mass is 10.1. The van der Waals surface area contributed by atoms with E-state index in [0.717, 1.165) is 30.2 Å². The van der Waals surface area contributed by atoms with Gasteiger partial charge in [0.05, 0.1) is 19.7 Å². The van der Waals surface area contributed by atoms with Gasteiger partial charge in [-0.3, -0.25) is 0 Å². The lowest BCUT2D eigenvalue weighted by Gasteiger charge is -2.15. The van der Waals surface area contributed by atoms with Crippen LogP contribution >= 0.6 is 24.0 Å². The minimum Gasteiger partial charge on any atom is -0.488 e. The van der Waals surface area contributed by atoms with Crippen molar-refractivity contribution < 1.29 is 9.47 Å². The van der Waals surface area contributed by atoms with Crippen molar-refractivity contribution in [2.45, 2.75) is 32.9 Å². The molecular formula is C20H27IN4O2. The highest BCUT2D eigenvalue weighted by Gasteiger charge is 2.22. The highest BCUT2D eigenvalue weighted by Crippen LogP contribution is 2.27. The number of halogens is 1. The van der Waals surface area contributed by atoms with E-state index in [1.807, 2.05) is 31.2 Å². The van der Waals surface area contributed by atoms with Gasteiger partial charge in [0.25, 0.3) is 0 Å². The summed E-state index contributed by atoms with van der Waals surface area (Å²) in [6.45, 7) is 6.68. The Morgan fingerprint density at radius 3 is 2.89 bits per heavy atom. The summed E-state index contributed by atoms with van der Waals surface area (Å²) in [6.07, 6.45) is 2.80. The van der Waals surface area contributed by atoms with Crippen LogP contribution in [-0.2, 0) is 13.0 Å². The molecule has 0 aliphatic carbocycles. The fourth-order valence-electron chi connectivity index (χ4n) is 2.87. The quantitative estimate of drug-likeness (QED) is 0.361. The zero-order valence-corrected chi connectivity index (χ0v) is 18.1. The number of aromatic nitrogens is 1. The minimum absolute atomic E-state index is 0. The number of ether oxygens (including phenoxy) is 2. The van der Waals surface area contributed by atoms with Crippen molar-refractivity contribution in [2.24, 2.45) is 4.99 Å². The summed E-state index contributed by atoms with van der Waals surface area (Å²) in [5.41, 5.74) is 2.33. The molecule has 0 radical (unpaired) electrons. The summed E-state index contributed by atoms with van der Waals surface area (Å²) < 4.78 is 11.4. The molecule has 3 rings (SSSR count). The maximum absolute atomic E-state index is 5.97. The lowest BCUT2D eigenvalue weighted by molar-refractivity contribution is 0.235. The highest BCUT2D eigenvalue weighted by atomic mass is 127. The first kappa shape index (κ1) is 21.3. The Balaban J connectivity index is 0.00000261. The number of rotatable bonds is 7. The Kier molecular flexibility index (Phi) is 8.63. The first-order valence-corrected chi connectivity index (χ1v) is 9.13. The molecule has 1 aromatic heterocycles. The van der Waals surface area contributed by atoms with E-state index in [0.29, 0.717) is 25.6 Å². The van der Waals surface area contributed by atoms with E-state index >= 15 is 0 Å². The largest absolute Gasteiger partial charge is 0.488 e. The van der Waals surface area contributed by atoms with Crippen LogP contribution in [0.5, 0.6) is 11.6 Å². The maximum atomic E-state index is 5.97. The Hall–Kier alpha value is -2.03. The zero-order chi connectivity index (χ0) is 18.2. The summed E-state index contributed by atoms with van der Waals surface area (Å²) in [5, 5.41) is 6.65. The number of benzene rings is 1. The number of nitrogens with one attached hydrogen (secondary N) is 2. The second-order valence-electron chi connectivity index (χ2n) is 6.06. The molecule has 0 saturated heterocycles. The van der Waals surface area contributed by atoms with Crippen molar-refractivity contribution >= 4 is 29.9 Å². The summed E-state index contributed by atoms with van der Waals surface area (Å²) >= 11 is 0. The first-order chi connectivity index (χ1) is 12.8. The highest BCUT2D eigenvalue weighted by molar-refractivity contribution is 14.0. The van der Waals surface area contributed by atoms with Crippen LogP contribution in [0.4, 0.5) is 0 Å². The van der Waals surface area contributed by atoms with Crippen molar-refractivity contribution in [3.63, 3.8) is 0 Å². The van der Waals surface area contributed by atoms with E-state index in [1.54, 1.807) is 6.20 Å². The van der Waals surface area contributed by atoms with Gasteiger partial charge in [0, 0.05) is 25.2 Å². The second kappa shape index (κ2) is 11.0. The number of para-hydroxylation sites is 1. The Bertz CT molecular complexity index is 729. The van der Waals surface area contributed by atoms with Gasteiger partial charge >= 0.3 is 0 Å². The number of guanidine groups is 1. The molecule has 1 aliphatic rings. The van der Waals surface area contributed by atoms with Gasteiger partial charge < -0.3 is 20.1 Å². The fourth-order valence-corrected chi connectivity index (χ4v) is 2.87. The standard InChI is InChI=1S/C20H26N4O2.HI/c1-3-21-20(23-13-15-9-10-22-19(11-15)25-4-2)24-14-17-12-16-7-5-6-8-18(16)26-17;/h5-11,17H,3-4,12-14H2,1-2H3,(H2,21,23,24);1H. The van der Waals surface area contributed by atoms with Crippen LogP contribution in [0.2, 0.25) is 0 Å². The van der Waals surface area contributed by atoms with Crippen molar-refractivity contribution in [1.29, 1.82) is 0 Å². The fraction of sp³-hybridized carbons (Fsp3) is 0.400. The number of nitrogens with zero attached hydrogens (tertiary/aromatic N) is 2. The molecule has 6 nitrogen and oxygen atoms in total.